The molecule has 0 spiro atoms. The molecule has 0 unspecified atom stereocenters. The lowest BCUT2D eigenvalue weighted by Crippen LogP contribution is -2.22. The summed E-state index contributed by atoms with van der Waals surface area (Å²) in [4.78, 5) is 11.0. The van der Waals surface area contributed by atoms with Gasteiger partial charge in [0.1, 0.15) is 0 Å². The van der Waals surface area contributed by atoms with E-state index in [1.165, 1.54) is 6.92 Å². The van der Waals surface area contributed by atoms with Gasteiger partial charge in [0, 0.05) is 19.2 Å². The molecule has 0 aliphatic carbocycles. The van der Waals surface area contributed by atoms with Crippen LogP contribution in [0.1, 0.15) is 18.1 Å². The van der Waals surface area contributed by atoms with Crippen molar-refractivity contribution in [3.63, 3.8) is 0 Å². The Kier molecular flexibility index (Phi) is 5.39. The number of amides is 1. The van der Waals surface area contributed by atoms with Crippen LogP contribution in [0, 0.1) is 6.92 Å². The molecule has 0 heterocycles. The number of benzene rings is 2. The SMILES string of the molecule is CC(=O)NCCc1ccc(S(=O)(=O)Nc2ccc(C)cc2)cc1. The lowest BCUT2D eigenvalue weighted by molar-refractivity contribution is -0.118. The van der Waals surface area contributed by atoms with Gasteiger partial charge in [0.05, 0.1) is 4.90 Å². The van der Waals surface area contributed by atoms with E-state index < -0.39 is 10.0 Å². The maximum absolute atomic E-state index is 12.3. The predicted octanol–water partition coefficient (Wildman–Crippen LogP) is 2.47. The molecule has 0 fully saturated rings. The summed E-state index contributed by atoms with van der Waals surface area (Å²) in [6.45, 7) is 3.94. The summed E-state index contributed by atoms with van der Waals surface area (Å²) < 4.78 is 27.2. The van der Waals surface area contributed by atoms with Gasteiger partial charge in [-0.05, 0) is 43.2 Å². The molecular weight excluding hydrogens is 312 g/mol. The summed E-state index contributed by atoms with van der Waals surface area (Å²) in [5.74, 6) is -0.0773. The van der Waals surface area contributed by atoms with Crippen LogP contribution in [0.3, 0.4) is 0 Å². The largest absolute Gasteiger partial charge is 0.356 e. The van der Waals surface area contributed by atoms with E-state index in [-0.39, 0.29) is 10.8 Å². The van der Waals surface area contributed by atoms with E-state index in [1.807, 2.05) is 19.1 Å². The fourth-order valence-corrected chi connectivity index (χ4v) is 3.11. The first-order valence-corrected chi connectivity index (χ1v) is 8.78. The third-order valence-corrected chi connectivity index (χ3v) is 4.72. The highest BCUT2D eigenvalue weighted by atomic mass is 32.2. The molecule has 0 aromatic heterocycles. The van der Waals surface area contributed by atoms with Crippen molar-refractivity contribution in [3.8, 4) is 0 Å². The standard InChI is InChI=1S/C17H20N2O3S/c1-13-3-7-16(8-4-13)19-23(21,22)17-9-5-15(6-10-17)11-12-18-14(2)20/h3-10,19H,11-12H2,1-2H3,(H,18,20). The molecule has 2 rings (SSSR count). The molecule has 0 aliphatic rings. The minimum Gasteiger partial charge on any atom is -0.356 e. The van der Waals surface area contributed by atoms with E-state index in [0.29, 0.717) is 18.7 Å². The fraction of sp³-hybridized carbons (Fsp3) is 0.235. The molecule has 0 radical (unpaired) electrons. The van der Waals surface area contributed by atoms with E-state index >= 15 is 0 Å². The minimum atomic E-state index is -3.60. The zero-order valence-corrected chi connectivity index (χ0v) is 14.0. The van der Waals surface area contributed by atoms with Gasteiger partial charge in [-0.3, -0.25) is 9.52 Å². The maximum atomic E-state index is 12.3. The molecule has 6 heteroatoms. The van der Waals surface area contributed by atoms with Gasteiger partial charge < -0.3 is 5.32 Å². The van der Waals surface area contributed by atoms with Gasteiger partial charge in [0.25, 0.3) is 10.0 Å². The van der Waals surface area contributed by atoms with Gasteiger partial charge in [0.2, 0.25) is 5.91 Å². The number of sulfonamides is 1. The number of nitrogens with one attached hydrogen (secondary N) is 2. The monoisotopic (exact) mass is 332 g/mol. The molecule has 5 nitrogen and oxygen atoms in total. The van der Waals surface area contributed by atoms with E-state index in [2.05, 4.69) is 10.0 Å². The molecule has 2 aromatic carbocycles. The van der Waals surface area contributed by atoms with Gasteiger partial charge >= 0.3 is 0 Å². The molecule has 0 saturated heterocycles. The smallest absolute Gasteiger partial charge is 0.261 e. The third kappa shape index (κ3) is 5.10. The topological polar surface area (TPSA) is 75.3 Å². The first kappa shape index (κ1) is 17.0. The minimum absolute atomic E-state index is 0.0773. The Morgan fingerprint density at radius 2 is 1.61 bits per heavy atom. The zero-order chi connectivity index (χ0) is 16.9. The highest BCUT2D eigenvalue weighted by molar-refractivity contribution is 7.92. The van der Waals surface area contributed by atoms with Crippen molar-refractivity contribution in [2.24, 2.45) is 0 Å². The summed E-state index contributed by atoms with van der Waals surface area (Å²) in [7, 11) is -3.60. The quantitative estimate of drug-likeness (QED) is 0.853. The molecule has 2 aromatic rings. The lowest BCUT2D eigenvalue weighted by atomic mass is 10.1. The van der Waals surface area contributed by atoms with E-state index in [0.717, 1.165) is 11.1 Å². The Bertz CT molecular complexity index is 766. The average molecular weight is 332 g/mol. The predicted molar refractivity (Wildman–Crippen MR) is 90.8 cm³/mol. The van der Waals surface area contributed by atoms with Crippen molar-refractivity contribution in [2.75, 3.05) is 11.3 Å². The number of anilines is 1. The van der Waals surface area contributed by atoms with Crippen molar-refractivity contribution in [1.82, 2.24) is 5.32 Å². The van der Waals surface area contributed by atoms with Crippen LogP contribution >= 0.6 is 0 Å². The van der Waals surface area contributed by atoms with Crippen LogP contribution in [-0.4, -0.2) is 20.9 Å². The number of rotatable bonds is 6. The molecule has 0 atom stereocenters. The van der Waals surface area contributed by atoms with Gasteiger partial charge in [-0.25, -0.2) is 8.42 Å². The fourth-order valence-electron chi connectivity index (χ4n) is 2.05. The number of carbonyl (C=O) groups is 1. The first-order chi connectivity index (χ1) is 10.9. The van der Waals surface area contributed by atoms with Crippen LogP contribution < -0.4 is 10.0 Å². The molecule has 23 heavy (non-hydrogen) atoms. The molecule has 122 valence electrons. The molecular formula is C17H20N2O3S. The van der Waals surface area contributed by atoms with Crippen molar-refractivity contribution < 1.29 is 13.2 Å². The number of hydrogen-bond acceptors (Lipinski definition) is 3. The van der Waals surface area contributed by atoms with Crippen molar-refractivity contribution in [3.05, 3.63) is 59.7 Å². The highest BCUT2D eigenvalue weighted by Crippen LogP contribution is 2.17. The summed E-state index contributed by atoms with van der Waals surface area (Å²) in [6.07, 6.45) is 0.658. The van der Waals surface area contributed by atoms with Crippen LogP contribution in [0.4, 0.5) is 5.69 Å². The van der Waals surface area contributed by atoms with Crippen molar-refractivity contribution in [1.29, 1.82) is 0 Å². The Morgan fingerprint density at radius 1 is 1.00 bits per heavy atom. The molecule has 1 amide bonds. The summed E-state index contributed by atoms with van der Waals surface area (Å²) in [5, 5.41) is 2.71. The molecule has 2 N–H and O–H groups in total. The highest BCUT2D eigenvalue weighted by Gasteiger charge is 2.13. The van der Waals surface area contributed by atoms with Crippen molar-refractivity contribution >= 4 is 21.6 Å². The lowest BCUT2D eigenvalue weighted by Gasteiger charge is -2.09. The summed E-state index contributed by atoms with van der Waals surface area (Å²) in [6, 6.07) is 13.8. The second-order valence-corrected chi connectivity index (χ2v) is 7.03. The van der Waals surface area contributed by atoms with Crippen LogP contribution in [0.2, 0.25) is 0 Å². The normalized spacial score (nSPS) is 11.0. The van der Waals surface area contributed by atoms with E-state index in [4.69, 9.17) is 0 Å². The number of hydrogen-bond donors (Lipinski definition) is 2. The Balaban J connectivity index is 2.05. The van der Waals surface area contributed by atoms with Gasteiger partial charge in [-0.15, -0.1) is 0 Å². The maximum Gasteiger partial charge on any atom is 0.261 e. The van der Waals surface area contributed by atoms with Gasteiger partial charge in [0.15, 0.2) is 0 Å². The molecule has 0 bridgehead atoms. The van der Waals surface area contributed by atoms with Gasteiger partial charge in [-0.1, -0.05) is 29.8 Å². The molecule has 0 saturated carbocycles. The zero-order valence-electron chi connectivity index (χ0n) is 13.2. The third-order valence-electron chi connectivity index (χ3n) is 3.33. The van der Waals surface area contributed by atoms with E-state index in [9.17, 15) is 13.2 Å². The second kappa shape index (κ2) is 7.28. The number of aryl methyl sites for hydroxylation is 1. The average Bonchev–Trinajstić information content (AvgIpc) is 2.50. The Morgan fingerprint density at radius 3 is 2.17 bits per heavy atom. The van der Waals surface area contributed by atoms with Crippen LogP contribution in [0.5, 0.6) is 0 Å². The van der Waals surface area contributed by atoms with Crippen LogP contribution in [-0.2, 0) is 21.2 Å². The van der Waals surface area contributed by atoms with E-state index in [1.54, 1.807) is 36.4 Å². The second-order valence-electron chi connectivity index (χ2n) is 5.35. The van der Waals surface area contributed by atoms with Crippen molar-refractivity contribution in [2.45, 2.75) is 25.2 Å². The summed E-state index contributed by atoms with van der Waals surface area (Å²) >= 11 is 0. The van der Waals surface area contributed by atoms with Gasteiger partial charge in [-0.2, -0.15) is 0 Å². The van der Waals surface area contributed by atoms with Crippen LogP contribution in [0.25, 0.3) is 0 Å². The van der Waals surface area contributed by atoms with Crippen LogP contribution in [0.15, 0.2) is 53.4 Å². The molecule has 0 aliphatic heterocycles. The Labute approximate surface area is 136 Å². The number of carbonyl (C=O) groups excluding carboxylic acids is 1. The Hall–Kier alpha value is -2.34. The first-order valence-electron chi connectivity index (χ1n) is 7.30. The summed E-state index contributed by atoms with van der Waals surface area (Å²) in [5.41, 5.74) is 2.56.